The van der Waals surface area contributed by atoms with Crippen molar-refractivity contribution in [1.82, 2.24) is 0 Å². The highest BCUT2D eigenvalue weighted by atomic mass is 16.5. The van der Waals surface area contributed by atoms with Gasteiger partial charge in [-0.25, -0.2) is 0 Å². The third-order valence-electron chi connectivity index (χ3n) is 2.17. The highest BCUT2D eigenvalue weighted by Gasteiger charge is 1.94. The lowest BCUT2D eigenvalue weighted by Gasteiger charge is -2.05. The van der Waals surface area contributed by atoms with Crippen LogP contribution in [0.15, 0.2) is 24.3 Å². The second kappa shape index (κ2) is 7.26. The summed E-state index contributed by atoms with van der Waals surface area (Å²) in [5, 5.41) is 0. The molecule has 1 rings (SSSR count). The molecular weight excluding hydrogens is 190 g/mol. The van der Waals surface area contributed by atoms with E-state index in [-0.39, 0.29) is 0 Å². The van der Waals surface area contributed by atoms with Crippen molar-refractivity contribution in [3.05, 3.63) is 29.8 Å². The molecule has 0 aliphatic carbocycles. The smallest absolute Gasteiger partial charge is 0.118 e. The van der Waals surface area contributed by atoms with Crippen LogP contribution in [0.25, 0.3) is 0 Å². The van der Waals surface area contributed by atoms with Crippen LogP contribution < -0.4 is 10.5 Å². The Bertz CT molecular complexity index is 259. The zero-order chi connectivity index (χ0) is 10.9. The van der Waals surface area contributed by atoms with Crippen molar-refractivity contribution in [3.8, 4) is 5.75 Å². The van der Waals surface area contributed by atoms with Gasteiger partial charge in [0.2, 0.25) is 0 Å². The number of hydrogen-bond donors (Lipinski definition) is 1. The van der Waals surface area contributed by atoms with Crippen LogP contribution in [-0.4, -0.2) is 20.3 Å². The molecule has 0 saturated carbocycles. The van der Waals surface area contributed by atoms with Gasteiger partial charge in [-0.2, -0.15) is 0 Å². The first kappa shape index (κ1) is 12.0. The van der Waals surface area contributed by atoms with Gasteiger partial charge in [0, 0.05) is 6.61 Å². The Labute approximate surface area is 91.2 Å². The Balaban J connectivity index is 2.20. The van der Waals surface area contributed by atoms with Gasteiger partial charge in [0.15, 0.2) is 0 Å². The molecule has 1 aromatic rings. The average molecular weight is 209 g/mol. The number of unbranched alkanes of at least 4 members (excludes halogenated alkanes) is 1. The van der Waals surface area contributed by atoms with Crippen LogP contribution in [-0.2, 0) is 11.3 Å². The minimum Gasteiger partial charge on any atom is -0.497 e. The van der Waals surface area contributed by atoms with E-state index in [1.165, 1.54) is 5.56 Å². The zero-order valence-electron chi connectivity index (χ0n) is 9.24. The summed E-state index contributed by atoms with van der Waals surface area (Å²) in [5.74, 6) is 0.877. The molecule has 0 fully saturated rings. The van der Waals surface area contributed by atoms with Crippen molar-refractivity contribution in [3.63, 3.8) is 0 Å². The third kappa shape index (κ3) is 4.81. The van der Waals surface area contributed by atoms with E-state index in [1.807, 2.05) is 24.3 Å². The van der Waals surface area contributed by atoms with E-state index in [2.05, 4.69) is 0 Å². The Morgan fingerprint density at radius 1 is 1.13 bits per heavy atom. The van der Waals surface area contributed by atoms with E-state index >= 15 is 0 Å². The Kier molecular flexibility index (Phi) is 5.81. The fourth-order valence-electron chi connectivity index (χ4n) is 1.26. The first-order valence-electron chi connectivity index (χ1n) is 5.27. The molecule has 2 N–H and O–H groups in total. The predicted molar refractivity (Wildman–Crippen MR) is 60.9 cm³/mol. The molecule has 3 nitrogen and oxygen atoms in total. The fourth-order valence-corrected chi connectivity index (χ4v) is 1.26. The molecule has 3 heteroatoms. The average Bonchev–Trinajstić information content (AvgIpc) is 2.30. The lowest BCUT2D eigenvalue weighted by molar-refractivity contribution is 0.117. The quantitative estimate of drug-likeness (QED) is 0.698. The number of benzene rings is 1. The van der Waals surface area contributed by atoms with Crippen LogP contribution in [0.1, 0.15) is 18.4 Å². The van der Waals surface area contributed by atoms with Crippen molar-refractivity contribution in [2.75, 3.05) is 20.3 Å². The molecular formula is C12H19NO2. The van der Waals surface area contributed by atoms with E-state index in [4.69, 9.17) is 15.2 Å². The Morgan fingerprint density at radius 3 is 2.47 bits per heavy atom. The van der Waals surface area contributed by atoms with E-state index in [0.717, 1.165) is 31.7 Å². The maximum absolute atomic E-state index is 5.50. The van der Waals surface area contributed by atoms with E-state index in [0.29, 0.717) is 6.61 Å². The topological polar surface area (TPSA) is 44.5 Å². The lowest BCUT2D eigenvalue weighted by Crippen LogP contribution is -2.01. The fraction of sp³-hybridized carbons (Fsp3) is 0.500. The van der Waals surface area contributed by atoms with Gasteiger partial charge >= 0.3 is 0 Å². The summed E-state index contributed by atoms with van der Waals surface area (Å²) in [6, 6.07) is 7.92. The van der Waals surface area contributed by atoms with Gasteiger partial charge in [0.05, 0.1) is 13.7 Å². The number of hydrogen-bond acceptors (Lipinski definition) is 3. The summed E-state index contributed by atoms with van der Waals surface area (Å²) >= 11 is 0. The van der Waals surface area contributed by atoms with Crippen LogP contribution in [0.4, 0.5) is 0 Å². The summed E-state index contributed by atoms with van der Waals surface area (Å²) in [5.41, 5.74) is 6.55. The van der Waals surface area contributed by atoms with Crippen molar-refractivity contribution < 1.29 is 9.47 Å². The molecule has 0 radical (unpaired) electrons. The summed E-state index contributed by atoms with van der Waals surface area (Å²) in [7, 11) is 1.67. The predicted octanol–water partition coefficient (Wildman–Crippen LogP) is 1.95. The summed E-state index contributed by atoms with van der Waals surface area (Å²) in [6.07, 6.45) is 2.06. The summed E-state index contributed by atoms with van der Waals surface area (Å²) < 4.78 is 10.6. The SMILES string of the molecule is COc1ccc(COCCCCN)cc1. The summed E-state index contributed by atoms with van der Waals surface area (Å²) in [6.45, 7) is 2.18. The van der Waals surface area contributed by atoms with Gasteiger partial charge in [-0.1, -0.05) is 12.1 Å². The van der Waals surface area contributed by atoms with Gasteiger partial charge < -0.3 is 15.2 Å². The van der Waals surface area contributed by atoms with Crippen molar-refractivity contribution in [1.29, 1.82) is 0 Å². The first-order chi connectivity index (χ1) is 7.36. The Hall–Kier alpha value is -1.06. The molecule has 15 heavy (non-hydrogen) atoms. The van der Waals surface area contributed by atoms with Crippen molar-refractivity contribution in [2.45, 2.75) is 19.4 Å². The molecule has 1 aromatic carbocycles. The molecule has 0 spiro atoms. The van der Waals surface area contributed by atoms with Crippen molar-refractivity contribution >= 4 is 0 Å². The molecule has 0 heterocycles. The summed E-state index contributed by atoms with van der Waals surface area (Å²) in [4.78, 5) is 0. The number of nitrogens with two attached hydrogens (primary N) is 1. The first-order valence-corrected chi connectivity index (χ1v) is 5.27. The lowest BCUT2D eigenvalue weighted by atomic mass is 10.2. The van der Waals surface area contributed by atoms with Crippen LogP contribution >= 0.6 is 0 Å². The van der Waals surface area contributed by atoms with Crippen molar-refractivity contribution in [2.24, 2.45) is 5.73 Å². The monoisotopic (exact) mass is 209 g/mol. The highest BCUT2D eigenvalue weighted by molar-refractivity contribution is 5.26. The van der Waals surface area contributed by atoms with Crippen LogP contribution in [0.5, 0.6) is 5.75 Å². The van der Waals surface area contributed by atoms with Gasteiger partial charge in [-0.05, 0) is 37.1 Å². The number of methoxy groups -OCH3 is 1. The molecule has 0 amide bonds. The van der Waals surface area contributed by atoms with Crippen LogP contribution in [0.2, 0.25) is 0 Å². The Morgan fingerprint density at radius 2 is 1.87 bits per heavy atom. The molecule has 0 atom stereocenters. The number of rotatable bonds is 7. The molecule has 84 valence electrons. The zero-order valence-corrected chi connectivity index (χ0v) is 9.24. The maximum Gasteiger partial charge on any atom is 0.118 e. The number of ether oxygens (including phenoxy) is 2. The molecule has 0 unspecified atom stereocenters. The minimum atomic E-state index is 0.661. The molecule has 0 aliphatic heterocycles. The van der Waals surface area contributed by atoms with Gasteiger partial charge in [0.25, 0.3) is 0 Å². The molecule has 0 saturated heterocycles. The largest absolute Gasteiger partial charge is 0.497 e. The highest BCUT2D eigenvalue weighted by Crippen LogP contribution is 2.11. The normalized spacial score (nSPS) is 10.3. The minimum absolute atomic E-state index is 0.661. The van der Waals surface area contributed by atoms with Gasteiger partial charge in [-0.15, -0.1) is 0 Å². The van der Waals surface area contributed by atoms with E-state index in [1.54, 1.807) is 7.11 Å². The molecule has 0 aromatic heterocycles. The van der Waals surface area contributed by atoms with E-state index < -0.39 is 0 Å². The van der Waals surface area contributed by atoms with Gasteiger partial charge in [-0.3, -0.25) is 0 Å². The van der Waals surface area contributed by atoms with Gasteiger partial charge in [0.1, 0.15) is 5.75 Å². The second-order valence-corrected chi connectivity index (χ2v) is 3.40. The standard InChI is InChI=1S/C12H19NO2/c1-14-12-6-4-11(5-7-12)10-15-9-3-2-8-13/h4-7H,2-3,8-10,13H2,1H3. The second-order valence-electron chi connectivity index (χ2n) is 3.40. The molecule has 0 bridgehead atoms. The van der Waals surface area contributed by atoms with Crippen LogP contribution in [0, 0.1) is 0 Å². The van der Waals surface area contributed by atoms with E-state index in [9.17, 15) is 0 Å². The third-order valence-corrected chi connectivity index (χ3v) is 2.17. The molecule has 0 aliphatic rings. The maximum atomic E-state index is 5.50. The van der Waals surface area contributed by atoms with Crippen LogP contribution in [0.3, 0.4) is 0 Å².